The zero-order valence-corrected chi connectivity index (χ0v) is 14.4. The minimum absolute atomic E-state index is 0.164. The fraction of sp³-hybridized carbons (Fsp3) is 0.235. The number of rotatable bonds is 7. The van der Waals surface area contributed by atoms with Gasteiger partial charge in [-0.1, -0.05) is 0 Å². The average molecular weight is 383 g/mol. The van der Waals surface area contributed by atoms with Crippen molar-refractivity contribution in [3.8, 4) is 11.5 Å². The van der Waals surface area contributed by atoms with Crippen molar-refractivity contribution >= 4 is 17.6 Å². The Bertz CT molecular complexity index is 854. The number of ether oxygens (including phenoxy) is 2. The van der Waals surface area contributed by atoms with Gasteiger partial charge in [0.05, 0.1) is 30.4 Å². The Hall–Kier alpha value is -3.30. The molecule has 0 bridgehead atoms. The first-order valence-electron chi connectivity index (χ1n) is 7.71. The highest BCUT2D eigenvalue weighted by molar-refractivity contribution is 5.82. The Morgan fingerprint density at radius 1 is 1.22 bits per heavy atom. The highest BCUT2D eigenvalue weighted by Gasteiger charge is 2.33. The lowest BCUT2D eigenvalue weighted by Crippen LogP contribution is -2.06. The third kappa shape index (κ3) is 5.09. The molecular weight excluding hydrogens is 367 g/mol. The van der Waals surface area contributed by atoms with E-state index in [-0.39, 0.29) is 5.69 Å². The highest BCUT2D eigenvalue weighted by Crippen LogP contribution is 2.35. The molecule has 0 amide bonds. The van der Waals surface area contributed by atoms with Crippen molar-refractivity contribution in [3.05, 3.63) is 57.6 Å². The Morgan fingerprint density at radius 2 is 1.96 bits per heavy atom. The van der Waals surface area contributed by atoms with E-state index in [9.17, 15) is 23.3 Å². The quantitative estimate of drug-likeness (QED) is 0.433. The number of nitrogens with zero attached hydrogens (tertiary/aromatic N) is 2. The summed E-state index contributed by atoms with van der Waals surface area (Å²) in [6, 6.07) is 7.14. The molecule has 0 aliphatic heterocycles. The van der Waals surface area contributed by atoms with Crippen LogP contribution in [0.15, 0.2) is 41.5 Å². The first-order chi connectivity index (χ1) is 12.8. The number of methoxy groups -OCH3 is 1. The van der Waals surface area contributed by atoms with Gasteiger partial charge < -0.3 is 9.47 Å². The molecule has 144 valence electrons. The standard InChI is InChI=1S/C17H16F3N3O4/c1-3-27-16-8-11(4-7-15(16)26-2)10-21-22-13-6-5-12(17(18,19)20)9-14(13)23(24)25/h4-10,22H,3H2,1-2H3/b21-10-. The molecule has 0 aromatic heterocycles. The monoisotopic (exact) mass is 383 g/mol. The smallest absolute Gasteiger partial charge is 0.416 e. The van der Waals surface area contributed by atoms with E-state index in [2.05, 4.69) is 10.5 Å². The van der Waals surface area contributed by atoms with Gasteiger partial charge in [-0.3, -0.25) is 15.5 Å². The van der Waals surface area contributed by atoms with Crippen molar-refractivity contribution < 1.29 is 27.6 Å². The Labute approximate surface area is 152 Å². The van der Waals surface area contributed by atoms with E-state index >= 15 is 0 Å². The van der Waals surface area contributed by atoms with Gasteiger partial charge in [0.2, 0.25) is 0 Å². The molecule has 1 N–H and O–H groups in total. The molecule has 2 aromatic rings. The van der Waals surface area contributed by atoms with Crippen LogP contribution in [0.1, 0.15) is 18.1 Å². The van der Waals surface area contributed by atoms with Crippen LogP contribution in [0.4, 0.5) is 24.5 Å². The first kappa shape index (κ1) is 20.0. The van der Waals surface area contributed by atoms with Crippen molar-refractivity contribution in [1.82, 2.24) is 0 Å². The van der Waals surface area contributed by atoms with Crippen LogP contribution in [0.2, 0.25) is 0 Å². The normalized spacial score (nSPS) is 11.4. The summed E-state index contributed by atoms with van der Waals surface area (Å²) in [6.07, 6.45) is -3.32. The van der Waals surface area contributed by atoms with Crippen LogP contribution in [0.5, 0.6) is 11.5 Å². The fourth-order valence-electron chi connectivity index (χ4n) is 2.17. The molecule has 0 saturated heterocycles. The number of hydrogen-bond acceptors (Lipinski definition) is 6. The topological polar surface area (TPSA) is 86.0 Å². The lowest BCUT2D eigenvalue weighted by atomic mass is 10.1. The maximum absolute atomic E-state index is 12.7. The largest absolute Gasteiger partial charge is 0.493 e. The molecule has 0 spiro atoms. The van der Waals surface area contributed by atoms with E-state index in [1.807, 2.05) is 6.92 Å². The van der Waals surface area contributed by atoms with Crippen LogP contribution >= 0.6 is 0 Å². The molecule has 0 unspecified atom stereocenters. The molecule has 10 heteroatoms. The van der Waals surface area contributed by atoms with Gasteiger partial charge in [-0.25, -0.2) is 0 Å². The SMILES string of the molecule is CCOc1cc(/C=N\Nc2ccc(C(F)(F)F)cc2[N+](=O)[O-])ccc1OC. The first-order valence-corrected chi connectivity index (χ1v) is 7.71. The van der Waals surface area contributed by atoms with Gasteiger partial charge in [0, 0.05) is 6.07 Å². The fourth-order valence-corrected chi connectivity index (χ4v) is 2.17. The summed E-state index contributed by atoms with van der Waals surface area (Å²) < 4.78 is 48.7. The third-order valence-corrected chi connectivity index (χ3v) is 3.41. The van der Waals surface area contributed by atoms with E-state index in [0.717, 1.165) is 12.1 Å². The summed E-state index contributed by atoms with van der Waals surface area (Å²) in [7, 11) is 1.50. The number of nitro benzene ring substituents is 1. The Balaban J connectivity index is 2.23. The molecule has 2 rings (SSSR count). The summed E-state index contributed by atoms with van der Waals surface area (Å²) in [6.45, 7) is 2.23. The Kier molecular flexibility index (Phi) is 6.22. The van der Waals surface area contributed by atoms with Gasteiger partial charge in [0.25, 0.3) is 5.69 Å². The molecule has 27 heavy (non-hydrogen) atoms. The van der Waals surface area contributed by atoms with Crippen LogP contribution in [-0.2, 0) is 6.18 Å². The molecule has 2 aromatic carbocycles. The maximum Gasteiger partial charge on any atom is 0.416 e. The van der Waals surface area contributed by atoms with E-state index in [4.69, 9.17) is 9.47 Å². The van der Waals surface area contributed by atoms with Crippen LogP contribution in [-0.4, -0.2) is 24.9 Å². The molecule has 0 fully saturated rings. The molecular formula is C17H16F3N3O4. The third-order valence-electron chi connectivity index (χ3n) is 3.41. The van der Waals surface area contributed by atoms with Gasteiger partial charge in [-0.05, 0) is 42.8 Å². The number of alkyl halides is 3. The maximum atomic E-state index is 12.7. The minimum Gasteiger partial charge on any atom is -0.493 e. The zero-order valence-electron chi connectivity index (χ0n) is 14.4. The summed E-state index contributed by atoms with van der Waals surface area (Å²) in [4.78, 5) is 10.1. The number of halogens is 3. The molecule has 0 saturated carbocycles. The van der Waals surface area contributed by atoms with Crippen LogP contribution in [0, 0.1) is 10.1 Å². The molecule has 0 heterocycles. The number of hydrogen-bond donors (Lipinski definition) is 1. The van der Waals surface area contributed by atoms with Gasteiger partial charge in [0.15, 0.2) is 11.5 Å². The van der Waals surface area contributed by atoms with Crippen LogP contribution in [0.25, 0.3) is 0 Å². The summed E-state index contributed by atoms with van der Waals surface area (Å²) >= 11 is 0. The summed E-state index contributed by atoms with van der Waals surface area (Å²) in [5, 5.41) is 14.9. The van der Waals surface area contributed by atoms with Crippen LogP contribution in [0.3, 0.4) is 0 Å². The van der Waals surface area contributed by atoms with Gasteiger partial charge in [0.1, 0.15) is 5.69 Å². The van der Waals surface area contributed by atoms with E-state index < -0.39 is 22.4 Å². The number of benzene rings is 2. The zero-order chi connectivity index (χ0) is 20.0. The molecule has 7 nitrogen and oxygen atoms in total. The second-order valence-electron chi connectivity index (χ2n) is 5.20. The molecule has 0 aliphatic rings. The second-order valence-corrected chi connectivity index (χ2v) is 5.20. The lowest BCUT2D eigenvalue weighted by molar-refractivity contribution is -0.384. The predicted molar refractivity (Wildman–Crippen MR) is 93.5 cm³/mol. The van der Waals surface area contributed by atoms with Crippen LogP contribution < -0.4 is 14.9 Å². The van der Waals surface area contributed by atoms with Crippen molar-refractivity contribution in [2.45, 2.75) is 13.1 Å². The number of hydrazone groups is 1. The Morgan fingerprint density at radius 3 is 2.56 bits per heavy atom. The predicted octanol–water partition coefficient (Wildman–Crippen LogP) is 4.47. The average Bonchev–Trinajstić information content (AvgIpc) is 2.61. The van der Waals surface area contributed by atoms with E-state index in [0.29, 0.717) is 29.7 Å². The molecule has 0 radical (unpaired) electrons. The van der Waals surface area contributed by atoms with Gasteiger partial charge in [-0.2, -0.15) is 18.3 Å². The number of nitrogens with one attached hydrogen (secondary N) is 1. The van der Waals surface area contributed by atoms with Crippen molar-refractivity contribution in [2.24, 2.45) is 5.10 Å². The minimum atomic E-state index is -4.68. The summed E-state index contributed by atoms with van der Waals surface area (Å²) in [5.74, 6) is 1.02. The van der Waals surface area contributed by atoms with E-state index in [1.165, 1.54) is 13.3 Å². The van der Waals surface area contributed by atoms with Crippen molar-refractivity contribution in [1.29, 1.82) is 0 Å². The highest BCUT2D eigenvalue weighted by atomic mass is 19.4. The number of nitro groups is 1. The molecule has 0 atom stereocenters. The van der Waals surface area contributed by atoms with Gasteiger partial charge in [-0.15, -0.1) is 0 Å². The number of anilines is 1. The molecule has 0 aliphatic carbocycles. The second kappa shape index (κ2) is 8.39. The van der Waals surface area contributed by atoms with Crippen molar-refractivity contribution in [2.75, 3.05) is 19.1 Å². The van der Waals surface area contributed by atoms with E-state index in [1.54, 1.807) is 18.2 Å². The lowest BCUT2D eigenvalue weighted by Gasteiger charge is -2.10. The summed E-state index contributed by atoms with van der Waals surface area (Å²) in [5.41, 5.74) is 0.984. The van der Waals surface area contributed by atoms with Gasteiger partial charge >= 0.3 is 6.18 Å². The van der Waals surface area contributed by atoms with Crippen molar-refractivity contribution in [3.63, 3.8) is 0 Å².